The van der Waals surface area contributed by atoms with E-state index >= 15 is 0 Å². The van der Waals surface area contributed by atoms with Crippen LogP contribution in [0.3, 0.4) is 0 Å². The second kappa shape index (κ2) is 9.40. The first-order valence-corrected chi connectivity index (χ1v) is 10.3. The number of nitrogens with one attached hydrogen (secondary N) is 1. The van der Waals surface area contributed by atoms with E-state index in [1.807, 2.05) is 0 Å². The quantitative estimate of drug-likeness (QED) is 0.753. The predicted molar refractivity (Wildman–Crippen MR) is 112 cm³/mol. The van der Waals surface area contributed by atoms with Crippen molar-refractivity contribution in [3.05, 3.63) is 70.5 Å². The lowest BCUT2D eigenvalue weighted by Gasteiger charge is -2.18. The smallest absolute Gasteiger partial charge is 0.255 e. The Labute approximate surface area is 176 Å². The molecule has 0 bridgehead atoms. The van der Waals surface area contributed by atoms with Crippen LogP contribution in [0.25, 0.3) is 0 Å². The van der Waals surface area contributed by atoms with Crippen molar-refractivity contribution in [3.8, 4) is 0 Å². The minimum Gasteiger partial charge on any atom is -0.356 e. The average Bonchev–Trinajstić information content (AvgIpc) is 3.13. The summed E-state index contributed by atoms with van der Waals surface area (Å²) in [5, 5.41) is 3.39. The van der Waals surface area contributed by atoms with Crippen LogP contribution in [0.15, 0.2) is 48.5 Å². The van der Waals surface area contributed by atoms with Gasteiger partial charge in [0, 0.05) is 25.6 Å². The molecule has 0 aliphatic carbocycles. The lowest BCUT2D eigenvalue weighted by Crippen LogP contribution is -2.36. The van der Waals surface area contributed by atoms with Gasteiger partial charge in [0.25, 0.3) is 5.91 Å². The van der Waals surface area contributed by atoms with Gasteiger partial charge in [0.2, 0.25) is 5.91 Å². The van der Waals surface area contributed by atoms with Crippen LogP contribution in [0.4, 0.5) is 4.39 Å². The van der Waals surface area contributed by atoms with Gasteiger partial charge in [-0.3, -0.25) is 9.59 Å². The zero-order valence-corrected chi connectivity index (χ0v) is 17.5. The summed E-state index contributed by atoms with van der Waals surface area (Å²) in [7, 11) is 0. The molecule has 0 unspecified atom stereocenters. The van der Waals surface area contributed by atoms with Gasteiger partial charge < -0.3 is 10.2 Å². The van der Waals surface area contributed by atoms with Gasteiger partial charge in [0.05, 0.1) is 16.5 Å². The van der Waals surface area contributed by atoms with Crippen molar-refractivity contribution in [1.29, 1.82) is 0 Å². The molecule has 0 radical (unpaired) electrons. The molecule has 1 aliphatic rings. The summed E-state index contributed by atoms with van der Waals surface area (Å²) >= 11 is 6.20. The summed E-state index contributed by atoms with van der Waals surface area (Å²) in [6.07, 6.45) is 0.891. The van der Waals surface area contributed by atoms with Crippen molar-refractivity contribution < 1.29 is 14.0 Å². The maximum atomic E-state index is 13.4. The van der Waals surface area contributed by atoms with E-state index in [2.05, 4.69) is 19.2 Å². The molecule has 1 fully saturated rings. The predicted octanol–water partition coefficient (Wildman–Crippen LogP) is 4.50. The molecule has 4 nitrogen and oxygen atoms in total. The van der Waals surface area contributed by atoms with E-state index in [1.165, 1.54) is 12.1 Å². The Hall–Kier alpha value is -2.40. The molecule has 6 heteroatoms. The minimum absolute atomic E-state index is 0.0746. The number of carbonyl (C=O) groups excluding carboxylic acids is 2. The van der Waals surface area contributed by atoms with Gasteiger partial charge in [-0.1, -0.05) is 49.7 Å². The van der Waals surface area contributed by atoms with E-state index in [0.717, 1.165) is 12.0 Å². The average molecular weight is 417 g/mol. The molecule has 1 saturated heterocycles. The van der Waals surface area contributed by atoms with Crippen LogP contribution >= 0.6 is 11.6 Å². The molecule has 154 valence electrons. The summed E-state index contributed by atoms with van der Waals surface area (Å²) in [6, 6.07) is 13.1. The Morgan fingerprint density at radius 2 is 1.83 bits per heavy atom. The standard InChI is InChI=1S/C23H26ClFN2O2/c1-15(2)11-12-26-22(28)20-14-27(23(29)18-5-3-4-6-21(18)24)13-19(20)16-7-9-17(25)10-8-16/h3-10,15,19-20H,11-14H2,1-2H3,(H,26,28)/t19-,20-/m1/s1. The van der Waals surface area contributed by atoms with Crippen molar-refractivity contribution in [2.45, 2.75) is 26.2 Å². The van der Waals surface area contributed by atoms with Crippen LogP contribution in [0.1, 0.15) is 42.1 Å². The molecule has 1 N–H and O–H groups in total. The fraction of sp³-hybridized carbons (Fsp3) is 0.391. The fourth-order valence-corrected chi connectivity index (χ4v) is 3.92. The number of hydrogen-bond donors (Lipinski definition) is 1. The summed E-state index contributed by atoms with van der Waals surface area (Å²) in [5.41, 5.74) is 1.28. The molecule has 0 aromatic heterocycles. The normalized spacial score (nSPS) is 18.9. The summed E-state index contributed by atoms with van der Waals surface area (Å²) in [4.78, 5) is 27.6. The van der Waals surface area contributed by atoms with E-state index < -0.39 is 0 Å². The second-order valence-electron chi connectivity index (χ2n) is 7.93. The first-order chi connectivity index (χ1) is 13.9. The molecule has 0 saturated carbocycles. The van der Waals surface area contributed by atoms with Crippen LogP contribution in [-0.4, -0.2) is 36.3 Å². The van der Waals surface area contributed by atoms with Crippen LogP contribution in [0.5, 0.6) is 0 Å². The highest BCUT2D eigenvalue weighted by Gasteiger charge is 2.40. The van der Waals surface area contributed by atoms with Crippen LogP contribution in [0, 0.1) is 17.7 Å². The van der Waals surface area contributed by atoms with Gasteiger partial charge in [-0.25, -0.2) is 4.39 Å². The first-order valence-electron chi connectivity index (χ1n) is 9.93. The maximum Gasteiger partial charge on any atom is 0.255 e. The van der Waals surface area contributed by atoms with E-state index in [4.69, 9.17) is 11.6 Å². The fourth-order valence-electron chi connectivity index (χ4n) is 3.70. The van der Waals surface area contributed by atoms with E-state index in [-0.39, 0.29) is 29.5 Å². The highest BCUT2D eigenvalue weighted by Crippen LogP contribution is 2.34. The maximum absolute atomic E-state index is 13.4. The number of carbonyl (C=O) groups is 2. The molecule has 2 aromatic rings. The molecular weight excluding hydrogens is 391 g/mol. The number of nitrogens with zero attached hydrogens (tertiary/aromatic N) is 1. The number of amides is 2. The molecule has 2 atom stereocenters. The Kier molecular flexibility index (Phi) is 6.91. The van der Waals surface area contributed by atoms with Gasteiger partial charge in [-0.15, -0.1) is 0 Å². The van der Waals surface area contributed by atoms with Crippen molar-refractivity contribution >= 4 is 23.4 Å². The lowest BCUT2D eigenvalue weighted by molar-refractivity contribution is -0.124. The molecule has 2 amide bonds. The van der Waals surface area contributed by atoms with Gasteiger partial charge in [0.15, 0.2) is 0 Å². The highest BCUT2D eigenvalue weighted by atomic mass is 35.5. The molecule has 0 spiro atoms. The van der Waals surface area contributed by atoms with Crippen molar-refractivity contribution in [2.75, 3.05) is 19.6 Å². The van der Waals surface area contributed by atoms with Gasteiger partial charge in [-0.05, 0) is 42.2 Å². The van der Waals surface area contributed by atoms with Crippen LogP contribution < -0.4 is 5.32 Å². The monoisotopic (exact) mass is 416 g/mol. The highest BCUT2D eigenvalue weighted by molar-refractivity contribution is 6.33. The van der Waals surface area contributed by atoms with Crippen molar-refractivity contribution in [2.24, 2.45) is 11.8 Å². The first kappa shape index (κ1) is 21.3. The molecule has 29 heavy (non-hydrogen) atoms. The largest absolute Gasteiger partial charge is 0.356 e. The molecular formula is C23H26ClFN2O2. The third-order valence-electron chi connectivity index (χ3n) is 5.37. The van der Waals surface area contributed by atoms with Gasteiger partial charge >= 0.3 is 0 Å². The molecule has 3 rings (SSSR count). The topological polar surface area (TPSA) is 49.4 Å². The third kappa shape index (κ3) is 5.15. The zero-order chi connectivity index (χ0) is 21.0. The van der Waals surface area contributed by atoms with Crippen LogP contribution in [0.2, 0.25) is 5.02 Å². The Morgan fingerprint density at radius 1 is 1.14 bits per heavy atom. The van der Waals surface area contributed by atoms with Gasteiger partial charge in [-0.2, -0.15) is 0 Å². The van der Waals surface area contributed by atoms with Crippen molar-refractivity contribution in [1.82, 2.24) is 10.2 Å². The van der Waals surface area contributed by atoms with E-state index in [1.54, 1.807) is 41.3 Å². The zero-order valence-electron chi connectivity index (χ0n) is 16.7. The second-order valence-corrected chi connectivity index (χ2v) is 8.34. The van der Waals surface area contributed by atoms with Gasteiger partial charge in [0.1, 0.15) is 5.82 Å². The van der Waals surface area contributed by atoms with Crippen molar-refractivity contribution in [3.63, 3.8) is 0 Å². The Bertz CT molecular complexity index is 869. The molecule has 1 heterocycles. The number of halogens is 2. The number of benzene rings is 2. The number of likely N-dealkylation sites (tertiary alicyclic amines) is 1. The Balaban J connectivity index is 1.81. The van der Waals surface area contributed by atoms with E-state index in [0.29, 0.717) is 36.1 Å². The molecule has 1 aliphatic heterocycles. The minimum atomic E-state index is -0.390. The van der Waals surface area contributed by atoms with E-state index in [9.17, 15) is 14.0 Å². The van der Waals surface area contributed by atoms with Crippen LogP contribution in [-0.2, 0) is 4.79 Å². The Morgan fingerprint density at radius 3 is 2.48 bits per heavy atom. The third-order valence-corrected chi connectivity index (χ3v) is 5.70. The lowest BCUT2D eigenvalue weighted by atomic mass is 9.88. The number of rotatable bonds is 6. The SMILES string of the molecule is CC(C)CCNC(=O)[C@@H]1CN(C(=O)c2ccccc2Cl)C[C@@H]1c1ccc(F)cc1. The summed E-state index contributed by atoms with van der Waals surface area (Å²) in [6.45, 7) is 5.50. The summed E-state index contributed by atoms with van der Waals surface area (Å²) < 4.78 is 13.4. The summed E-state index contributed by atoms with van der Waals surface area (Å²) in [5.74, 6) is -0.687. The molecule has 2 aromatic carbocycles. The number of hydrogen-bond acceptors (Lipinski definition) is 2.